The van der Waals surface area contributed by atoms with Gasteiger partial charge >= 0.3 is 5.97 Å². The van der Waals surface area contributed by atoms with Crippen LogP contribution in [0.3, 0.4) is 0 Å². The molecule has 1 unspecified atom stereocenters. The van der Waals surface area contributed by atoms with E-state index in [0.717, 1.165) is 0 Å². The van der Waals surface area contributed by atoms with Crippen molar-refractivity contribution in [3.05, 3.63) is 23.0 Å². The molecule has 0 aliphatic carbocycles. The number of aryl methyl sites for hydroxylation is 2. The van der Waals surface area contributed by atoms with Crippen LogP contribution < -0.4 is 0 Å². The summed E-state index contributed by atoms with van der Waals surface area (Å²) in [7, 11) is -3.04. The van der Waals surface area contributed by atoms with E-state index < -0.39 is 15.8 Å². The average molecular weight is 309 g/mol. The number of aromatic carboxylic acids is 1. The van der Waals surface area contributed by atoms with Crippen molar-refractivity contribution >= 4 is 26.8 Å². The largest absolute Gasteiger partial charge is 0.478 e. The second-order valence-electron chi connectivity index (χ2n) is 5.40. The first-order chi connectivity index (χ1) is 9.78. The fourth-order valence-electron chi connectivity index (χ4n) is 2.83. The average Bonchev–Trinajstić information content (AvgIpc) is 2.89. The van der Waals surface area contributed by atoms with Gasteiger partial charge < -0.3 is 5.11 Å². The second-order valence-corrected chi connectivity index (χ2v) is 7.63. The Morgan fingerprint density at radius 3 is 2.71 bits per heavy atom. The van der Waals surface area contributed by atoms with Crippen LogP contribution >= 0.6 is 0 Å². The Morgan fingerprint density at radius 2 is 2.14 bits per heavy atom. The topological polar surface area (TPSA) is 102 Å². The first-order valence-electron chi connectivity index (χ1n) is 6.58. The van der Waals surface area contributed by atoms with Crippen molar-refractivity contribution in [2.75, 3.05) is 11.5 Å². The summed E-state index contributed by atoms with van der Waals surface area (Å²) in [6.07, 6.45) is 0.483. The highest BCUT2D eigenvalue weighted by Crippen LogP contribution is 2.29. The van der Waals surface area contributed by atoms with E-state index in [0.29, 0.717) is 28.8 Å². The Hall–Kier alpha value is -1.96. The van der Waals surface area contributed by atoms with E-state index in [1.807, 2.05) is 0 Å². The maximum absolute atomic E-state index is 11.6. The van der Waals surface area contributed by atoms with Crippen LogP contribution in [-0.4, -0.2) is 45.8 Å². The summed E-state index contributed by atoms with van der Waals surface area (Å²) < 4.78 is 24.9. The van der Waals surface area contributed by atoms with E-state index in [4.69, 9.17) is 0 Å². The van der Waals surface area contributed by atoms with E-state index in [-0.39, 0.29) is 23.1 Å². The van der Waals surface area contributed by atoms with Gasteiger partial charge in [0, 0.05) is 5.69 Å². The number of nitrogens with zero attached hydrogens (tertiary/aromatic N) is 3. The Balaban J connectivity index is 2.24. The summed E-state index contributed by atoms with van der Waals surface area (Å²) in [5, 5.41) is 14.2. The zero-order valence-electron chi connectivity index (χ0n) is 11.7. The van der Waals surface area contributed by atoms with Gasteiger partial charge in [-0.15, -0.1) is 0 Å². The van der Waals surface area contributed by atoms with Gasteiger partial charge in [-0.2, -0.15) is 5.10 Å². The predicted octanol–water partition coefficient (Wildman–Crippen LogP) is 1.11. The van der Waals surface area contributed by atoms with E-state index in [1.165, 1.54) is 6.07 Å². The molecule has 1 N–H and O–H groups in total. The molecular weight excluding hydrogens is 294 g/mol. The molecule has 1 saturated heterocycles. The monoisotopic (exact) mass is 309 g/mol. The third-order valence-electron chi connectivity index (χ3n) is 3.75. The molecule has 3 rings (SSSR count). The summed E-state index contributed by atoms with van der Waals surface area (Å²) >= 11 is 0. The SMILES string of the molecule is Cc1cc(C(=O)O)c2c(C)nn(C3CCS(=O)(=O)C3)c2n1. The lowest BCUT2D eigenvalue weighted by molar-refractivity contribution is 0.0698. The molecule has 0 amide bonds. The van der Waals surface area contributed by atoms with Gasteiger partial charge in [-0.05, 0) is 26.3 Å². The standard InChI is InChI=1S/C13H15N3O4S/c1-7-5-10(13(17)18)11-8(2)15-16(12(11)14-7)9-3-4-21(19,20)6-9/h5,9H,3-4,6H2,1-2H3,(H,17,18). The molecule has 1 aliphatic rings. The molecule has 1 atom stereocenters. The number of pyridine rings is 1. The maximum atomic E-state index is 11.6. The summed E-state index contributed by atoms with van der Waals surface area (Å²) in [4.78, 5) is 15.8. The normalized spacial score (nSPS) is 21.0. The summed E-state index contributed by atoms with van der Waals surface area (Å²) in [5.41, 5.74) is 1.73. The van der Waals surface area contributed by atoms with Gasteiger partial charge in [-0.3, -0.25) is 0 Å². The van der Waals surface area contributed by atoms with E-state index in [9.17, 15) is 18.3 Å². The smallest absolute Gasteiger partial charge is 0.336 e. The Labute approximate surface area is 121 Å². The minimum atomic E-state index is -3.04. The molecule has 112 valence electrons. The van der Waals surface area contributed by atoms with Crippen LogP contribution in [0, 0.1) is 13.8 Å². The van der Waals surface area contributed by atoms with Gasteiger partial charge in [0.1, 0.15) is 0 Å². The highest BCUT2D eigenvalue weighted by atomic mass is 32.2. The van der Waals surface area contributed by atoms with Crippen molar-refractivity contribution in [1.29, 1.82) is 0 Å². The van der Waals surface area contributed by atoms with Crippen LogP contribution in [0.4, 0.5) is 0 Å². The number of sulfone groups is 1. The summed E-state index contributed by atoms with van der Waals surface area (Å²) in [5.74, 6) is -0.871. The molecule has 1 fully saturated rings. The maximum Gasteiger partial charge on any atom is 0.336 e. The molecule has 1 aliphatic heterocycles. The minimum Gasteiger partial charge on any atom is -0.478 e. The second kappa shape index (κ2) is 4.52. The molecule has 8 heteroatoms. The first-order valence-corrected chi connectivity index (χ1v) is 8.41. The molecule has 2 aromatic heterocycles. The van der Waals surface area contributed by atoms with E-state index in [2.05, 4.69) is 10.1 Å². The molecule has 0 spiro atoms. The van der Waals surface area contributed by atoms with Crippen molar-refractivity contribution in [2.24, 2.45) is 0 Å². The molecule has 2 aromatic rings. The lowest BCUT2D eigenvalue weighted by atomic mass is 10.1. The van der Waals surface area contributed by atoms with Crippen molar-refractivity contribution < 1.29 is 18.3 Å². The van der Waals surface area contributed by atoms with Crippen LogP contribution in [0.2, 0.25) is 0 Å². The van der Waals surface area contributed by atoms with Gasteiger partial charge in [-0.25, -0.2) is 22.9 Å². The zero-order chi connectivity index (χ0) is 15.4. The number of rotatable bonds is 2. The summed E-state index contributed by atoms with van der Waals surface area (Å²) in [6, 6.07) is 1.23. The number of carbonyl (C=O) groups is 1. The minimum absolute atomic E-state index is 0.0290. The fraction of sp³-hybridized carbons (Fsp3) is 0.462. The first kappa shape index (κ1) is 14.0. The van der Waals surface area contributed by atoms with Crippen molar-refractivity contribution in [2.45, 2.75) is 26.3 Å². The van der Waals surface area contributed by atoms with Crippen LogP contribution in [0.25, 0.3) is 11.0 Å². The van der Waals surface area contributed by atoms with Gasteiger partial charge in [0.05, 0.1) is 34.2 Å². The molecule has 0 bridgehead atoms. The predicted molar refractivity (Wildman–Crippen MR) is 76.3 cm³/mol. The lowest BCUT2D eigenvalue weighted by Gasteiger charge is -2.10. The number of carboxylic acids is 1. The molecule has 7 nitrogen and oxygen atoms in total. The number of aromatic nitrogens is 3. The molecule has 0 saturated carbocycles. The lowest BCUT2D eigenvalue weighted by Crippen LogP contribution is -2.13. The Morgan fingerprint density at radius 1 is 1.43 bits per heavy atom. The quantitative estimate of drug-likeness (QED) is 0.891. The van der Waals surface area contributed by atoms with Gasteiger partial charge in [-0.1, -0.05) is 0 Å². The van der Waals surface area contributed by atoms with Crippen LogP contribution in [-0.2, 0) is 9.84 Å². The van der Waals surface area contributed by atoms with Gasteiger partial charge in [0.15, 0.2) is 15.5 Å². The van der Waals surface area contributed by atoms with E-state index in [1.54, 1.807) is 18.5 Å². The molecular formula is C13H15N3O4S. The molecule has 3 heterocycles. The molecule has 21 heavy (non-hydrogen) atoms. The van der Waals surface area contributed by atoms with Gasteiger partial charge in [0.25, 0.3) is 0 Å². The molecule has 0 radical (unpaired) electrons. The Bertz CT molecular complexity index is 854. The number of hydrogen-bond acceptors (Lipinski definition) is 5. The zero-order valence-corrected chi connectivity index (χ0v) is 12.5. The van der Waals surface area contributed by atoms with Crippen molar-refractivity contribution in [3.8, 4) is 0 Å². The summed E-state index contributed by atoms with van der Waals surface area (Å²) in [6.45, 7) is 3.43. The number of carboxylic acid groups (broad SMARTS) is 1. The fourth-order valence-corrected chi connectivity index (χ4v) is 4.52. The van der Waals surface area contributed by atoms with Crippen LogP contribution in [0.1, 0.15) is 34.2 Å². The van der Waals surface area contributed by atoms with Gasteiger partial charge in [0.2, 0.25) is 0 Å². The van der Waals surface area contributed by atoms with E-state index >= 15 is 0 Å². The van der Waals surface area contributed by atoms with Crippen molar-refractivity contribution in [1.82, 2.24) is 14.8 Å². The third kappa shape index (κ3) is 2.29. The van der Waals surface area contributed by atoms with Crippen LogP contribution in [0.5, 0.6) is 0 Å². The molecule has 0 aromatic carbocycles. The third-order valence-corrected chi connectivity index (χ3v) is 5.50. The number of hydrogen-bond donors (Lipinski definition) is 1. The van der Waals surface area contributed by atoms with Crippen LogP contribution in [0.15, 0.2) is 6.07 Å². The highest BCUT2D eigenvalue weighted by molar-refractivity contribution is 7.91. The Kier molecular flexibility index (Phi) is 3.01. The highest BCUT2D eigenvalue weighted by Gasteiger charge is 2.32. The number of fused-ring (bicyclic) bond motifs is 1. The van der Waals surface area contributed by atoms with Crippen molar-refractivity contribution in [3.63, 3.8) is 0 Å².